The van der Waals surface area contributed by atoms with E-state index in [0.717, 1.165) is 64.1 Å². The fourth-order valence-corrected chi connectivity index (χ4v) is 7.42. The molecule has 0 bridgehead atoms. The molecule has 1 aromatic rings. The second-order valence-corrected chi connectivity index (χ2v) is 14.9. The molecule has 0 amide bonds. The molecule has 2 N–H and O–H groups in total. The lowest BCUT2D eigenvalue weighted by Gasteiger charge is -2.46. The fourth-order valence-electron chi connectivity index (χ4n) is 7.42. The van der Waals surface area contributed by atoms with E-state index in [0.29, 0.717) is 19.1 Å². The van der Waals surface area contributed by atoms with Crippen molar-refractivity contribution in [2.45, 2.75) is 129 Å². The van der Waals surface area contributed by atoms with E-state index in [-0.39, 0.29) is 30.6 Å². The molecule has 0 aliphatic carbocycles. The van der Waals surface area contributed by atoms with Crippen LogP contribution >= 0.6 is 0 Å². The maximum atomic E-state index is 13.7. The van der Waals surface area contributed by atoms with Crippen molar-refractivity contribution in [3.63, 3.8) is 0 Å². The number of Topliss-reactive ketones (excluding diaryl/α,β-unsaturated/α-hetero) is 1. The molecule has 48 heavy (non-hydrogen) atoms. The second kappa shape index (κ2) is 18.4. The van der Waals surface area contributed by atoms with Crippen LogP contribution in [0.25, 0.3) is 0 Å². The summed E-state index contributed by atoms with van der Waals surface area (Å²) in [6.07, 6.45) is 6.04. The Morgan fingerprint density at radius 3 is 2.62 bits per heavy atom. The third kappa shape index (κ3) is 10.3. The molecule has 8 atom stereocenters. The molecule has 12 nitrogen and oxygen atoms in total. The molecule has 0 unspecified atom stereocenters. The van der Waals surface area contributed by atoms with Gasteiger partial charge < -0.3 is 34.1 Å². The molecule has 274 valence electrons. The number of aliphatic hydroxyl groups excluding tert-OH is 2. The van der Waals surface area contributed by atoms with Crippen LogP contribution in [0.1, 0.15) is 84.9 Å². The molecule has 0 radical (unpaired) electrons. The predicted molar refractivity (Wildman–Crippen MR) is 184 cm³/mol. The number of fused-ring (bicyclic) bond motifs is 1. The van der Waals surface area contributed by atoms with Gasteiger partial charge in [0.05, 0.1) is 29.8 Å². The summed E-state index contributed by atoms with van der Waals surface area (Å²) in [5, 5.41) is 21.7. The van der Waals surface area contributed by atoms with E-state index in [9.17, 15) is 19.8 Å². The average Bonchev–Trinajstić information content (AvgIpc) is 3.08. The third-order valence-electron chi connectivity index (χ3n) is 10.6. The number of carbonyl (C=O) groups excluding carboxylic acids is 2. The summed E-state index contributed by atoms with van der Waals surface area (Å²) < 4.78 is 18.9. The van der Waals surface area contributed by atoms with Crippen LogP contribution in [0, 0.1) is 11.3 Å². The highest BCUT2D eigenvalue weighted by Gasteiger charge is 2.48. The van der Waals surface area contributed by atoms with Gasteiger partial charge in [-0.15, -0.1) is 0 Å². The number of nitrogens with zero attached hydrogens (tertiary/aromatic N) is 5. The molecule has 0 spiro atoms. The summed E-state index contributed by atoms with van der Waals surface area (Å²) in [5.74, 6) is -0.977. The van der Waals surface area contributed by atoms with E-state index in [4.69, 9.17) is 14.2 Å². The van der Waals surface area contributed by atoms with Crippen molar-refractivity contribution in [2.75, 3.05) is 54.0 Å². The molecule has 3 rings (SSSR count). The number of aldehydes is 1. The van der Waals surface area contributed by atoms with Crippen molar-refractivity contribution in [1.29, 1.82) is 0 Å². The van der Waals surface area contributed by atoms with Gasteiger partial charge in [0.25, 0.3) is 0 Å². The first-order valence-corrected chi connectivity index (χ1v) is 17.8. The zero-order valence-corrected chi connectivity index (χ0v) is 30.9. The Bertz CT molecular complexity index is 1160. The van der Waals surface area contributed by atoms with Crippen LogP contribution in [-0.4, -0.2) is 143 Å². The molecule has 1 saturated heterocycles. The summed E-state index contributed by atoms with van der Waals surface area (Å²) in [6, 6.07) is -0.153. The molecular weight excluding hydrogens is 614 g/mol. The van der Waals surface area contributed by atoms with E-state index < -0.39 is 35.4 Å². The summed E-state index contributed by atoms with van der Waals surface area (Å²) >= 11 is 0. The van der Waals surface area contributed by atoms with Crippen molar-refractivity contribution < 1.29 is 34.0 Å². The minimum atomic E-state index is -1.21. The Balaban J connectivity index is 1.68. The van der Waals surface area contributed by atoms with Crippen LogP contribution in [0.3, 0.4) is 0 Å². The Morgan fingerprint density at radius 1 is 1.27 bits per heavy atom. The molecule has 2 aliphatic heterocycles. The summed E-state index contributed by atoms with van der Waals surface area (Å²) in [7, 11) is 5.45. The van der Waals surface area contributed by atoms with Gasteiger partial charge in [0.2, 0.25) is 0 Å². The van der Waals surface area contributed by atoms with Crippen molar-refractivity contribution >= 4 is 12.1 Å². The van der Waals surface area contributed by atoms with E-state index in [2.05, 4.69) is 26.7 Å². The Labute approximate surface area is 288 Å². The summed E-state index contributed by atoms with van der Waals surface area (Å²) in [6.45, 7) is 15.4. The lowest BCUT2D eigenvalue weighted by atomic mass is 9.75. The topological polar surface area (TPSA) is 138 Å². The summed E-state index contributed by atoms with van der Waals surface area (Å²) in [5.41, 5.74) is 0.194. The lowest BCUT2D eigenvalue weighted by Crippen LogP contribution is -2.59. The van der Waals surface area contributed by atoms with Gasteiger partial charge in [-0.3, -0.25) is 14.6 Å². The Hall–Kier alpha value is -1.90. The standard InChI is InChI=1S/C36H63N5O7/c1-10-41(28(22-42)13-11-16-40-18-14-29-27(21-40)20-37-24-38-29)17-12-15-36(6,46-9)33(26(3)32(45)35(4,5)23-43)48-34-31(44)30(39(7)8)19-25(2)47-34/h20,23-26,28,30-31,33-34,42,44H,10-19,21-22H2,1-9H3/t25-,26+,28+,30+,31-,33-,34+,36-/m1/s1. The number of ether oxygens (including phenoxy) is 3. The van der Waals surface area contributed by atoms with Gasteiger partial charge in [0.15, 0.2) is 12.1 Å². The number of rotatable bonds is 20. The van der Waals surface area contributed by atoms with Crippen LogP contribution < -0.4 is 0 Å². The lowest BCUT2D eigenvalue weighted by molar-refractivity contribution is -0.295. The van der Waals surface area contributed by atoms with E-state index >= 15 is 0 Å². The van der Waals surface area contributed by atoms with Crippen molar-refractivity contribution in [2.24, 2.45) is 11.3 Å². The highest BCUT2D eigenvalue weighted by atomic mass is 16.7. The number of methoxy groups -OCH3 is 1. The highest BCUT2D eigenvalue weighted by Crippen LogP contribution is 2.36. The molecular formula is C36H63N5O7. The molecule has 2 aliphatic rings. The maximum absolute atomic E-state index is 13.7. The first-order chi connectivity index (χ1) is 22.7. The second-order valence-electron chi connectivity index (χ2n) is 14.9. The fraction of sp³-hybridized carbons (Fsp3) is 0.833. The first-order valence-electron chi connectivity index (χ1n) is 17.8. The number of aliphatic hydroxyl groups is 2. The van der Waals surface area contributed by atoms with Crippen LogP contribution in [-0.2, 0) is 36.8 Å². The average molecular weight is 678 g/mol. The zero-order valence-electron chi connectivity index (χ0n) is 30.9. The number of carbonyl (C=O) groups is 2. The quantitative estimate of drug-likeness (QED) is 0.155. The molecule has 1 aromatic heterocycles. The molecule has 0 saturated carbocycles. The van der Waals surface area contributed by atoms with Crippen molar-refractivity contribution in [3.8, 4) is 0 Å². The molecule has 0 aromatic carbocycles. The van der Waals surface area contributed by atoms with Gasteiger partial charge in [0.1, 0.15) is 18.7 Å². The van der Waals surface area contributed by atoms with Crippen molar-refractivity contribution in [3.05, 3.63) is 23.8 Å². The number of likely N-dealkylation sites (N-methyl/N-ethyl adjacent to an activating group) is 2. The molecule has 1 fully saturated rings. The minimum Gasteiger partial charge on any atom is -0.395 e. The van der Waals surface area contributed by atoms with Gasteiger partial charge in [0, 0.05) is 62.1 Å². The largest absolute Gasteiger partial charge is 0.395 e. The number of ketones is 1. The van der Waals surface area contributed by atoms with E-state index in [1.807, 2.05) is 39.0 Å². The maximum Gasteiger partial charge on any atom is 0.185 e. The van der Waals surface area contributed by atoms with Gasteiger partial charge in [-0.2, -0.15) is 0 Å². The van der Waals surface area contributed by atoms with Crippen LogP contribution in [0.4, 0.5) is 0 Å². The van der Waals surface area contributed by atoms with Crippen LogP contribution in [0.5, 0.6) is 0 Å². The Kier molecular flexibility index (Phi) is 15.5. The minimum absolute atomic E-state index is 0.0281. The normalized spacial score (nSPS) is 25.4. The van der Waals surface area contributed by atoms with Gasteiger partial charge >= 0.3 is 0 Å². The molecule has 12 heteroatoms. The van der Waals surface area contributed by atoms with Crippen molar-refractivity contribution in [1.82, 2.24) is 24.7 Å². The van der Waals surface area contributed by atoms with Crippen LogP contribution in [0.15, 0.2) is 12.5 Å². The smallest absolute Gasteiger partial charge is 0.185 e. The number of aromatic nitrogens is 2. The van der Waals surface area contributed by atoms with Gasteiger partial charge in [-0.1, -0.05) is 13.8 Å². The number of hydrogen-bond acceptors (Lipinski definition) is 12. The zero-order chi connectivity index (χ0) is 35.6. The Morgan fingerprint density at radius 2 is 2.00 bits per heavy atom. The van der Waals surface area contributed by atoms with Crippen LogP contribution in [0.2, 0.25) is 0 Å². The van der Waals surface area contributed by atoms with E-state index in [1.165, 1.54) is 5.56 Å². The predicted octanol–water partition coefficient (Wildman–Crippen LogP) is 2.72. The highest BCUT2D eigenvalue weighted by molar-refractivity contribution is 5.98. The number of hydrogen-bond donors (Lipinski definition) is 2. The molecule has 3 heterocycles. The van der Waals surface area contributed by atoms with Gasteiger partial charge in [-0.25, -0.2) is 9.97 Å². The van der Waals surface area contributed by atoms with E-state index in [1.54, 1.807) is 34.2 Å². The summed E-state index contributed by atoms with van der Waals surface area (Å²) in [4.78, 5) is 40.9. The van der Waals surface area contributed by atoms with Gasteiger partial charge in [-0.05, 0) is 93.5 Å². The monoisotopic (exact) mass is 677 g/mol. The first kappa shape index (κ1) is 40.5. The third-order valence-corrected chi connectivity index (χ3v) is 10.6. The SMILES string of the molecule is CCN(CCC[C@@](C)(OC)[C@H](O[C@@H]1O[C@H](C)C[C@H](N(C)C)[C@H]1O)[C@@H](C)C(=O)C(C)(C)C=O)[C@H](CO)CCCN1CCc2ncncc2C1.